The van der Waals surface area contributed by atoms with E-state index in [1.165, 1.54) is 18.4 Å². The molecule has 2 heterocycles. The second-order valence-electron chi connectivity index (χ2n) is 7.03. The van der Waals surface area contributed by atoms with Crippen LogP contribution in [0.4, 0.5) is 11.5 Å². The third-order valence-electron chi connectivity index (χ3n) is 5.12. The summed E-state index contributed by atoms with van der Waals surface area (Å²) in [7, 11) is 0. The molecule has 1 aromatic heterocycles. The minimum atomic E-state index is 0.681. The number of anilines is 2. The van der Waals surface area contributed by atoms with Crippen molar-refractivity contribution in [3.05, 3.63) is 47.7 Å². The van der Waals surface area contributed by atoms with Gasteiger partial charge in [0.2, 0.25) is 0 Å². The van der Waals surface area contributed by atoms with Crippen molar-refractivity contribution >= 4 is 11.5 Å². The zero-order valence-corrected chi connectivity index (χ0v) is 15.7. The topological polar surface area (TPSA) is 61.2 Å². The SMILES string of the molecule is CCCCCn1c(C#N)cc(N)c1N1CCN(Cc2ccccc2)CC1. The Balaban J connectivity index is 1.67. The van der Waals surface area contributed by atoms with Crippen LogP contribution in [0.5, 0.6) is 0 Å². The Labute approximate surface area is 156 Å². The first-order valence-corrected chi connectivity index (χ1v) is 9.63. The second kappa shape index (κ2) is 8.77. The van der Waals surface area contributed by atoms with Crippen molar-refractivity contribution in [2.24, 2.45) is 0 Å². The molecule has 0 aliphatic carbocycles. The third-order valence-corrected chi connectivity index (χ3v) is 5.12. The highest BCUT2D eigenvalue weighted by molar-refractivity contribution is 5.68. The fourth-order valence-electron chi connectivity index (χ4n) is 3.71. The molecular formula is C21H29N5. The molecule has 0 spiro atoms. The molecule has 1 saturated heterocycles. The number of nitrogen functional groups attached to an aromatic ring is 1. The Morgan fingerprint density at radius 2 is 1.81 bits per heavy atom. The molecule has 1 aliphatic heterocycles. The van der Waals surface area contributed by atoms with Gasteiger partial charge in [-0.1, -0.05) is 50.1 Å². The molecule has 0 saturated carbocycles. The van der Waals surface area contributed by atoms with E-state index < -0.39 is 0 Å². The third kappa shape index (κ3) is 4.20. The minimum absolute atomic E-state index is 0.681. The molecule has 0 unspecified atom stereocenters. The first-order valence-electron chi connectivity index (χ1n) is 9.63. The summed E-state index contributed by atoms with van der Waals surface area (Å²) < 4.78 is 2.12. The highest BCUT2D eigenvalue weighted by atomic mass is 15.3. The Bertz CT molecular complexity index is 736. The molecule has 5 nitrogen and oxygen atoms in total. The number of hydrogen-bond acceptors (Lipinski definition) is 4. The van der Waals surface area contributed by atoms with E-state index in [2.05, 4.69) is 57.7 Å². The molecular weight excluding hydrogens is 322 g/mol. The van der Waals surface area contributed by atoms with Crippen LogP contribution in [0.2, 0.25) is 0 Å². The van der Waals surface area contributed by atoms with Crippen LogP contribution >= 0.6 is 0 Å². The molecule has 1 aliphatic rings. The number of nitriles is 1. The number of hydrogen-bond donors (Lipinski definition) is 1. The van der Waals surface area contributed by atoms with Gasteiger partial charge in [-0.15, -0.1) is 0 Å². The molecule has 0 bridgehead atoms. The lowest BCUT2D eigenvalue weighted by Crippen LogP contribution is -2.46. The fraction of sp³-hybridized carbons (Fsp3) is 0.476. The number of benzene rings is 1. The van der Waals surface area contributed by atoms with Crippen molar-refractivity contribution in [2.45, 2.75) is 39.3 Å². The largest absolute Gasteiger partial charge is 0.396 e. The highest BCUT2D eigenvalue weighted by Crippen LogP contribution is 2.29. The number of piperazine rings is 1. The van der Waals surface area contributed by atoms with Crippen molar-refractivity contribution in [1.29, 1.82) is 5.26 Å². The fourth-order valence-corrected chi connectivity index (χ4v) is 3.71. The van der Waals surface area contributed by atoms with Gasteiger partial charge >= 0.3 is 0 Å². The summed E-state index contributed by atoms with van der Waals surface area (Å²) in [6, 6.07) is 14.8. The van der Waals surface area contributed by atoms with Gasteiger partial charge < -0.3 is 15.2 Å². The van der Waals surface area contributed by atoms with Gasteiger partial charge in [0.25, 0.3) is 0 Å². The maximum absolute atomic E-state index is 9.46. The van der Waals surface area contributed by atoms with E-state index in [-0.39, 0.29) is 0 Å². The zero-order chi connectivity index (χ0) is 18.4. The molecule has 138 valence electrons. The van der Waals surface area contributed by atoms with Crippen molar-refractivity contribution in [1.82, 2.24) is 9.47 Å². The quantitative estimate of drug-likeness (QED) is 0.776. The van der Waals surface area contributed by atoms with Gasteiger partial charge in [0.05, 0.1) is 5.69 Å². The van der Waals surface area contributed by atoms with Crippen LogP contribution in [-0.4, -0.2) is 35.6 Å². The van der Waals surface area contributed by atoms with Crippen LogP contribution < -0.4 is 10.6 Å². The zero-order valence-electron chi connectivity index (χ0n) is 15.7. The molecule has 2 N–H and O–H groups in total. The van der Waals surface area contributed by atoms with E-state index in [0.29, 0.717) is 5.69 Å². The number of aromatic nitrogens is 1. The lowest BCUT2D eigenvalue weighted by atomic mass is 10.2. The van der Waals surface area contributed by atoms with Crippen molar-refractivity contribution in [3.8, 4) is 6.07 Å². The standard InChI is InChI=1S/C21H29N5/c1-2-3-7-10-26-19(16-22)15-20(23)21(26)25-13-11-24(12-14-25)17-18-8-5-4-6-9-18/h4-6,8-9,15H,2-3,7,10-14,17,23H2,1H3. The van der Waals surface area contributed by atoms with Crippen LogP contribution in [0, 0.1) is 11.3 Å². The molecule has 5 heteroatoms. The monoisotopic (exact) mass is 351 g/mol. The number of rotatable bonds is 7. The van der Waals surface area contributed by atoms with Crippen LogP contribution in [-0.2, 0) is 13.1 Å². The lowest BCUT2D eigenvalue weighted by Gasteiger charge is -2.36. The first kappa shape index (κ1) is 18.3. The summed E-state index contributed by atoms with van der Waals surface area (Å²) in [5.41, 5.74) is 9.05. The van der Waals surface area contributed by atoms with Crippen LogP contribution in [0.3, 0.4) is 0 Å². The van der Waals surface area contributed by atoms with Gasteiger partial charge in [0.1, 0.15) is 17.6 Å². The maximum atomic E-state index is 9.46. The number of unbranched alkanes of at least 4 members (excludes halogenated alkanes) is 2. The van der Waals surface area contributed by atoms with E-state index in [9.17, 15) is 5.26 Å². The number of nitrogens with zero attached hydrogens (tertiary/aromatic N) is 4. The van der Waals surface area contributed by atoms with Crippen LogP contribution in [0.25, 0.3) is 0 Å². The van der Waals surface area contributed by atoms with Gasteiger partial charge in [-0.05, 0) is 18.1 Å². The summed E-state index contributed by atoms with van der Waals surface area (Å²) >= 11 is 0. The average molecular weight is 351 g/mol. The molecule has 0 radical (unpaired) electrons. The van der Waals surface area contributed by atoms with Crippen LogP contribution in [0.1, 0.15) is 37.4 Å². The molecule has 2 aromatic rings. The van der Waals surface area contributed by atoms with Crippen molar-refractivity contribution in [3.63, 3.8) is 0 Å². The summed E-state index contributed by atoms with van der Waals surface area (Å²) in [6.07, 6.45) is 3.43. The van der Waals surface area contributed by atoms with E-state index in [4.69, 9.17) is 5.73 Å². The van der Waals surface area contributed by atoms with Crippen molar-refractivity contribution in [2.75, 3.05) is 36.8 Å². The Hall–Kier alpha value is -2.45. The average Bonchev–Trinajstić information content (AvgIpc) is 2.99. The van der Waals surface area contributed by atoms with E-state index in [1.807, 2.05) is 6.07 Å². The predicted molar refractivity (Wildman–Crippen MR) is 107 cm³/mol. The summed E-state index contributed by atoms with van der Waals surface area (Å²) in [4.78, 5) is 4.83. The molecule has 1 fully saturated rings. The van der Waals surface area contributed by atoms with E-state index in [1.54, 1.807) is 0 Å². The van der Waals surface area contributed by atoms with E-state index in [0.717, 1.165) is 57.2 Å². The molecule has 0 atom stereocenters. The molecule has 3 rings (SSSR count). The summed E-state index contributed by atoms with van der Waals surface area (Å²) in [5.74, 6) is 1.04. The highest BCUT2D eigenvalue weighted by Gasteiger charge is 2.23. The minimum Gasteiger partial charge on any atom is -0.396 e. The normalized spacial score (nSPS) is 15.2. The van der Waals surface area contributed by atoms with Gasteiger partial charge in [-0.2, -0.15) is 5.26 Å². The summed E-state index contributed by atoms with van der Waals surface area (Å²) in [5, 5.41) is 9.46. The van der Waals surface area contributed by atoms with Crippen LogP contribution in [0.15, 0.2) is 36.4 Å². The molecule has 0 amide bonds. The Kier molecular flexibility index (Phi) is 6.19. The second-order valence-corrected chi connectivity index (χ2v) is 7.03. The van der Waals surface area contributed by atoms with Gasteiger partial charge in [-0.25, -0.2) is 0 Å². The summed E-state index contributed by atoms with van der Waals surface area (Å²) in [6.45, 7) is 7.97. The lowest BCUT2D eigenvalue weighted by molar-refractivity contribution is 0.248. The van der Waals surface area contributed by atoms with Gasteiger partial charge in [-0.3, -0.25) is 4.90 Å². The van der Waals surface area contributed by atoms with E-state index >= 15 is 0 Å². The van der Waals surface area contributed by atoms with Crippen molar-refractivity contribution < 1.29 is 0 Å². The smallest absolute Gasteiger partial charge is 0.133 e. The maximum Gasteiger partial charge on any atom is 0.133 e. The molecule has 1 aromatic carbocycles. The van der Waals surface area contributed by atoms with Gasteiger partial charge in [0, 0.05) is 39.3 Å². The molecule has 26 heavy (non-hydrogen) atoms. The van der Waals surface area contributed by atoms with Gasteiger partial charge in [0.15, 0.2) is 0 Å². The predicted octanol–water partition coefficient (Wildman–Crippen LogP) is 3.45. The number of nitrogens with two attached hydrogens (primary N) is 1. The Morgan fingerprint density at radius 3 is 2.46 bits per heavy atom. The first-order chi connectivity index (χ1) is 12.7. The Morgan fingerprint density at radius 1 is 1.08 bits per heavy atom.